The molecule has 10 rings (SSSR count). The van der Waals surface area contributed by atoms with Gasteiger partial charge in [0.2, 0.25) is 0 Å². The van der Waals surface area contributed by atoms with E-state index in [4.69, 9.17) is 4.42 Å². The zero-order valence-electron chi connectivity index (χ0n) is 33.0. The first kappa shape index (κ1) is 35.3. The Labute approximate surface area is 340 Å². The maximum Gasteiger partial charge on any atom is 0.139 e. The van der Waals surface area contributed by atoms with Gasteiger partial charge < -0.3 is 9.32 Å². The molecule has 0 atom stereocenters. The highest BCUT2D eigenvalue weighted by Crippen LogP contribution is 2.44. The van der Waals surface area contributed by atoms with Crippen LogP contribution in [0.5, 0.6) is 0 Å². The van der Waals surface area contributed by atoms with Crippen molar-refractivity contribution in [3.8, 4) is 44.7 Å². The zero-order valence-corrected chi connectivity index (χ0v) is 33.0. The summed E-state index contributed by atoms with van der Waals surface area (Å²) in [7, 11) is 0. The highest BCUT2D eigenvalue weighted by atomic mass is 16.3. The smallest absolute Gasteiger partial charge is 0.139 e. The summed E-state index contributed by atoms with van der Waals surface area (Å²) in [5, 5.41) is 6.23. The lowest BCUT2D eigenvalue weighted by molar-refractivity contribution is 0.568. The van der Waals surface area contributed by atoms with Gasteiger partial charge in [-0.25, -0.2) is 0 Å². The van der Waals surface area contributed by atoms with Gasteiger partial charge in [-0.2, -0.15) is 0 Å². The fourth-order valence-electron chi connectivity index (χ4n) is 8.51. The molecule has 0 aliphatic heterocycles. The third-order valence-electron chi connectivity index (χ3n) is 11.4. The van der Waals surface area contributed by atoms with E-state index in [0.717, 1.165) is 39.4 Å². The van der Waals surface area contributed by atoms with Crippen LogP contribution < -0.4 is 4.90 Å². The Morgan fingerprint density at radius 1 is 0.345 bits per heavy atom. The van der Waals surface area contributed by atoms with Crippen molar-refractivity contribution < 1.29 is 4.42 Å². The first-order valence-electron chi connectivity index (χ1n) is 20.1. The van der Waals surface area contributed by atoms with Gasteiger partial charge in [-0.3, -0.25) is 0 Å². The monoisotopic (exact) mass is 745 g/mol. The Morgan fingerprint density at radius 3 is 1.52 bits per heavy atom. The Kier molecular flexibility index (Phi) is 8.76. The maximum absolute atomic E-state index is 6.66. The summed E-state index contributed by atoms with van der Waals surface area (Å²) in [6.45, 7) is 6.79. The summed E-state index contributed by atoms with van der Waals surface area (Å²) in [6.07, 6.45) is 0. The fourth-order valence-corrected chi connectivity index (χ4v) is 8.51. The van der Waals surface area contributed by atoms with E-state index in [2.05, 4.69) is 226 Å². The molecule has 58 heavy (non-hydrogen) atoms. The van der Waals surface area contributed by atoms with Crippen molar-refractivity contribution in [3.05, 3.63) is 212 Å². The van der Waals surface area contributed by atoms with E-state index in [-0.39, 0.29) is 5.41 Å². The minimum Gasteiger partial charge on any atom is -0.456 e. The van der Waals surface area contributed by atoms with E-state index in [9.17, 15) is 0 Å². The molecule has 0 bridgehead atoms. The van der Waals surface area contributed by atoms with Gasteiger partial charge in [0.05, 0.1) is 0 Å². The standard InChI is InChI=1S/C56H43NO/c1-56(2,3)54-52-18-9-10-19-53(52)58-55(54)46-15-11-16-49(37-46)57(47-31-26-41(27-32-47)40-22-20-39(21-23-40)38-12-5-4-6-13-38)48-33-28-42(29-34-48)44-30-35-51-45(36-44)25-24-43-14-7-8-17-50(43)51/h4-37H,1-3H3. The summed E-state index contributed by atoms with van der Waals surface area (Å²) in [6, 6.07) is 74.3. The minimum atomic E-state index is -0.113. The topological polar surface area (TPSA) is 16.4 Å². The van der Waals surface area contributed by atoms with Gasteiger partial charge in [0.25, 0.3) is 0 Å². The van der Waals surface area contributed by atoms with Gasteiger partial charge in [-0.1, -0.05) is 178 Å². The summed E-state index contributed by atoms with van der Waals surface area (Å²) in [5.74, 6) is 0.921. The molecule has 2 nitrogen and oxygen atoms in total. The molecule has 0 saturated heterocycles. The molecule has 9 aromatic carbocycles. The lowest BCUT2D eigenvalue weighted by Crippen LogP contribution is -2.12. The van der Waals surface area contributed by atoms with E-state index in [1.165, 1.54) is 60.5 Å². The number of anilines is 3. The minimum absolute atomic E-state index is 0.113. The molecule has 0 amide bonds. The maximum atomic E-state index is 6.66. The van der Waals surface area contributed by atoms with Crippen molar-refractivity contribution in [2.24, 2.45) is 0 Å². The molecule has 0 saturated carbocycles. The largest absolute Gasteiger partial charge is 0.456 e. The Balaban J connectivity index is 1.04. The van der Waals surface area contributed by atoms with Crippen LogP contribution in [0.1, 0.15) is 26.3 Å². The van der Waals surface area contributed by atoms with Crippen molar-refractivity contribution in [3.63, 3.8) is 0 Å². The lowest BCUT2D eigenvalue weighted by Gasteiger charge is -2.27. The van der Waals surface area contributed by atoms with E-state index in [1.54, 1.807) is 0 Å². The first-order valence-corrected chi connectivity index (χ1v) is 20.1. The number of furan rings is 1. The molecule has 278 valence electrons. The second-order valence-corrected chi connectivity index (χ2v) is 16.2. The average Bonchev–Trinajstić information content (AvgIpc) is 3.68. The van der Waals surface area contributed by atoms with Gasteiger partial charge in [-0.15, -0.1) is 0 Å². The molecule has 0 radical (unpaired) electrons. The number of fused-ring (bicyclic) bond motifs is 4. The Bertz CT molecular complexity index is 3060. The van der Waals surface area contributed by atoms with Gasteiger partial charge in [0, 0.05) is 33.6 Å². The average molecular weight is 746 g/mol. The fraction of sp³-hybridized carbons (Fsp3) is 0.0714. The van der Waals surface area contributed by atoms with Crippen LogP contribution in [0, 0.1) is 0 Å². The van der Waals surface area contributed by atoms with Crippen LogP contribution in [0.15, 0.2) is 211 Å². The number of para-hydroxylation sites is 1. The van der Waals surface area contributed by atoms with Gasteiger partial charge >= 0.3 is 0 Å². The quantitative estimate of drug-likeness (QED) is 0.151. The molecule has 1 heterocycles. The van der Waals surface area contributed by atoms with Crippen molar-refractivity contribution in [1.29, 1.82) is 0 Å². The van der Waals surface area contributed by atoms with Crippen LogP contribution in [0.2, 0.25) is 0 Å². The van der Waals surface area contributed by atoms with Crippen LogP contribution in [0.3, 0.4) is 0 Å². The third kappa shape index (κ3) is 6.53. The molecule has 10 aromatic rings. The van der Waals surface area contributed by atoms with E-state index >= 15 is 0 Å². The molecule has 1 aromatic heterocycles. The van der Waals surface area contributed by atoms with Gasteiger partial charge in [0.1, 0.15) is 11.3 Å². The second-order valence-electron chi connectivity index (χ2n) is 16.2. The summed E-state index contributed by atoms with van der Waals surface area (Å²) >= 11 is 0. The van der Waals surface area contributed by atoms with Crippen LogP contribution in [0.25, 0.3) is 77.2 Å². The van der Waals surface area contributed by atoms with Crippen LogP contribution in [0.4, 0.5) is 17.1 Å². The van der Waals surface area contributed by atoms with Crippen molar-refractivity contribution in [2.45, 2.75) is 26.2 Å². The Hall–Kier alpha value is -7.16. The van der Waals surface area contributed by atoms with Crippen molar-refractivity contribution in [1.82, 2.24) is 0 Å². The lowest BCUT2D eigenvalue weighted by atomic mass is 9.83. The Morgan fingerprint density at radius 2 is 0.845 bits per heavy atom. The molecule has 0 aliphatic rings. The molecule has 0 N–H and O–H groups in total. The summed E-state index contributed by atoms with van der Waals surface area (Å²) in [4.78, 5) is 2.35. The van der Waals surface area contributed by atoms with Crippen LogP contribution in [-0.2, 0) is 5.41 Å². The zero-order chi connectivity index (χ0) is 39.2. The van der Waals surface area contributed by atoms with E-state index in [1.807, 2.05) is 6.07 Å². The number of hydrogen-bond acceptors (Lipinski definition) is 2. The molecule has 0 fully saturated rings. The molecule has 0 spiro atoms. The van der Waals surface area contributed by atoms with E-state index < -0.39 is 0 Å². The van der Waals surface area contributed by atoms with Gasteiger partial charge in [0.15, 0.2) is 0 Å². The summed E-state index contributed by atoms with van der Waals surface area (Å²) < 4.78 is 6.66. The molecule has 2 heteroatoms. The summed E-state index contributed by atoms with van der Waals surface area (Å²) in [5.41, 5.74) is 13.5. The molecular weight excluding hydrogens is 703 g/mol. The highest BCUT2D eigenvalue weighted by Gasteiger charge is 2.26. The number of rotatable bonds is 7. The van der Waals surface area contributed by atoms with Crippen LogP contribution in [-0.4, -0.2) is 0 Å². The number of benzene rings is 9. The SMILES string of the molecule is CC(C)(C)c1c(-c2cccc(N(c3ccc(-c4ccc(-c5ccccc5)cc4)cc3)c3ccc(-c4ccc5c(ccc6ccccc65)c4)cc3)c2)oc2ccccc12. The predicted octanol–water partition coefficient (Wildman–Crippen LogP) is 16.2. The van der Waals surface area contributed by atoms with Crippen LogP contribution >= 0.6 is 0 Å². The van der Waals surface area contributed by atoms with E-state index in [0.29, 0.717) is 0 Å². The first-order chi connectivity index (χ1) is 28.4. The normalized spacial score (nSPS) is 11.7. The van der Waals surface area contributed by atoms with Crippen molar-refractivity contribution >= 4 is 49.6 Å². The van der Waals surface area contributed by atoms with Crippen molar-refractivity contribution in [2.75, 3.05) is 4.90 Å². The molecule has 0 unspecified atom stereocenters. The number of hydrogen-bond donors (Lipinski definition) is 0. The predicted molar refractivity (Wildman–Crippen MR) is 246 cm³/mol. The number of nitrogens with zero attached hydrogens (tertiary/aromatic N) is 1. The third-order valence-corrected chi connectivity index (χ3v) is 11.4. The molecular formula is C56H43NO. The second kappa shape index (κ2) is 14.4. The molecule has 0 aliphatic carbocycles. The van der Waals surface area contributed by atoms with Gasteiger partial charge in [-0.05, 0) is 109 Å². The highest BCUT2D eigenvalue weighted by molar-refractivity contribution is 6.08.